The molecule has 0 aliphatic carbocycles. The summed E-state index contributed by atoms with van der Waals surface area (Å²) >= 11 is 0. The molecule has 0 heterocycles. The lowest BCUT2D eigenvalue weighted by molar-refractivity contribution is 0.0526. The first-order valence-corrected chi connectivity index (χ1v) is 9.08. The Bertz CT molecular complexity index is 857. The summed E-state index contributed by atoms with van der Waals surface area (Å²) in [6, 6.07) is 19.0. The number of hydrogen-bond donors (Lipinski definition) is 0. The van der Waals surface area contributed by atoms with Crippen LogP contribution in [-0.2, 0) is 4.74 Å². The van der Waals surface area contributed by atoms with Crippen LogP contribution in [0.15, 0.2) is 53.5 Å². The summed E-state index contributed by atoms with van der Waals surface area (Å²) in [5.41, 5.74) is 3.14. The number of aliphatic imine (C=N–C) groups is 1. The van der Waals surface area contributed by atoms with Gasteiger partial charge in [0, 0.05) is 25.0 Å². The maximum Gasteiger partial charge on any atom is 0.338 e. The fraction of sp³-hybridized carbons (Fsp3) is 0.273. The van der Waals surface area contributed by atoms with Gasteiger partial charge in [-0.3, -0.25) is 4.99 Å². The van der Waals surface area contributed by atoms with E-state index in [1.165, 1.54) is 0 Å². The molecule has 142 valence electrons. The monoisotopic (exact) mass is 374 g/mol. The van der Waals surface area contributed by atoms with Crippen LogP contribution in [0.25, 0.3) is 0 Å². The highest BCUT2D eigenvalue weighted by atomic mass is 16.5. The number of ether oxygens (including phenoxy) is 1. The highest BCUT2D eigenvalue weighted by Crippen LogP contribution is 2.17. The second-order valence-electron chi connectivity index (χ2n) is 5.92. The Morgan fingerprint density at radius 3 is 2.18 bits per heavy atom. The second kappa shape index (κ2) is 11.2. The highest BCUT2D eigenvalue weighted by molar-refractivity contribution is 5.90. The van der Waals surface area contributed by atoms with Gasteiger partial charge in [0.1, 0.15) is 0 Å². The predicted molar refractivity (Wildman–Crippen MR) is 109 cm³/mol. The molecule has 0 saturated carbocycles. The van der Waals surface area contributed by atoms with Crippen LogP contribution in [0, 0.1) is 22.7 Å². The van der Waals surface area contributed by atoms with E-state index in [1.54, 1.807) is 37.4 Å². The van der Waals surface area contributed by atoms with Gasteiger partial charge in [0.2, 0.25) is 0 Å². The molecule has 0 radical (unpaired) electrons. The molecule has 0 saturated heterocycles. The zero-order valence-electron chi connectivity index (χ0n) is 15.8. The van der Waals surface area contributed by atoms with Crippen LogP contribution in [0.5, 0.6) is 0 Å². The van der Waals surface area contributed by atoms with E-state index < -0.39 is 0 Å². The van der Waals surface area contributed by atoms with E-state index in [0.717, 1.165) is 16.9 Å². The van der Waals surface area contributed by atoms with Gasteiger partial charge in [0.25, 0.3) is 0 Å². The average molecular weight is 374 g/mol. The molecule has 28 heavy (non-hydrogen) atoms. The lowest BCUT2D eigenvalue weighted by atomic mass is 10.2. The molecule has 0 aromatic heterocycles. The van der Waals surface area contributed by atoms with Crippen molar-refractivity contribution >= 4 is 23.6 Å². The zero-order valence-corrected chi connectivity index (χ0v) is 15.8. The number of nitrogens with zero attached hydrogens (tertiary/aromatic N) is 4. The average Bonchev–Trinajstić information content (AvgIpc) is 2.73. The molecule has 2 aromatic carbocycles. The summed E-state index contributed by atoms with van der Waals surface area (Å²) in [5.74, 6) is -0.342. The standard InChI is InChI=1S/C22H22N4O2/c1-2-28-22(27)19-7-9-20(10-8-19)25-17-18-5-11-21(12-6-18)26(15-3-13-23)16-4-14-24/h5-12,17H,2-4,15-16H2,1H3. The molecule has 2 aromatic rings. The van der Waals surface area contributed by atoms with Crippen molar-refractivity contribution in [2.75, 3.05) is 24.6 Å². The molecule has 0 spiro atoms. The van der Waals surface area contributed by atoms with Gasteiger partial charge in [-0.15, -0.1) is 0 Å². The molecular formula is C22H22N4O2. The van der Waals surface area contributed by atoms with Crippen molar-refractivity contribution in [3.8, 4) is 12.1 Å². The molecular weight excluding hydrogens is 352 g/mol. The van der Waals surface area contributed by atoms with E-state index in [9.17, 15) is 4.79 Å². The van der Waals surface area contributed by atoms with Gasteiger partial charge in [-0.25, -0.2) is 4.79 Å². The summed E-state index contributed by atoms with van der Waals surface area (Å²) in [5, 5.41) is 17.6. The number of carbonyl (C=O) groups is 1. The first kappa shape index (κ1) is 20.7. The summed E-state index contributed by atoms with van der Waals surface area (Å²) in [6.07, 6.45) is 2.57. The van der Waals surface area contributed by atoms with Crippen LogP contribution in [0.4, 0.5) is 11.4 Å². The zero-order chi connectivity index (χ0) is 20.2. The Balaban J connectivity index is 2.03. The molecule has 0 unspecified atom stereocenters. The first-order chi connectivity index (χ1) is 13.7. The number of anilines is 1. The van der Waals surface area contributed by atoms with Gasteiger partial charge >= 0.3 is 5.97 Å². The smallest absolute Gasteiger partial charge is 0.338 e. The van der Waals surface area contributed by atoms with E-state index >= 15 is 0 Å². The third-order valence-corrected chi connectivity index (χ3v) is 3.99. The molecule has 6 heteroatoms. The Morgan fingerprint density at radius 1 is 1.04 bits per heavy atom. The maximum atomic E-state index is 11.7. The highest BCUT2D eigenvalue weighted by Gasteiger charge is 2.06. The van der Waals surface area contributed by atoms with Gasteiger partial charge in [-0.1, -0.05) is 12.1 Å². The van der Waals surface area contributed by atoms with E-state index in [-0.39, 0.29) is 5.97 Å². The minimum Gasteiger partial charge on any atom is -0.462 e. The molecule has 0 fully saturated rings. The number of hydrogen-bond acceptors (Lipinski definition) is 6. The van der Waals surface area contributed by atoms with Crippen molar-refractivity contribution in [1.29, 1.82) is 10.5 Å². The van der Waals surface area contributed by atoms with E-state index in [4.69, 9.17) is 15.3 Å². The number of rotatable bonds is 9. The fourth-order valence-electron chi connectivity index (χ4n) is 2.56. The second-order valence-corrected chi connectivity index (χ2v) is 5.92. The Labute approximate surface area is 165 Å². The SMILES string of the molecule is CCOC(=O)c1ccc(N=Cc2ccc(N(CCC#N)CCC#N)cc2)cc1. The lowest BCUT2D eigenvalue weighted by Crippen LogP contribution is -2.25. The third-order valence-electron chi connectivity index (χ3n) is 3.99. The third kappa shape index (κ3) is 6.26. The maximum absolute atomic E-state index is 11.7. The number of esters is 1. The van der Waals surface area contributed by atoms with Crippen LogP contribution in [0.2, 0.25) is 0 Å². The van der Waals surface area contributed by atoms with Crippen LogP contribution in [0.1, 0.15) is 35.7 Å². The van der Waals surface area contributed by atoms with Gasteiger partial charge < -0.3 is 9.64 Å². The van der Waals surface area contributed by atoms with Crippen molar-refractivity contribution in [3.05, 3.63) is 59.7 Å². The molecule has 0 atom stereocenters. The minimum absolute atomic E-state index is 0.342. The first-order valence-electron chi connectivity index (χ1n) is 9.08. The summed E-state index contributed by atoms with van der Waals surface area (Å²) < 4.78 is 4.96. The normalized spacial score (nSPS) is 10.2. The Kier molecular flexibility index (Phi) is 8.23. The van der Waals surface area contributed by atoms with Crippen molar-refractivity contribution in [3.63, 3.8) is 0 Å². The molecule has 6 nitrogen and oxygen atoms in total. The molecule has 0 aliphatic rings. The lowest BCUT2D eigenvalue weighted by Gasteiger charge is -2.22. The van der Waals surface area contributed by atoms with Crippen molar-refractivity contribution in [2.45, 2.75) is 19.8 Å². The summed E-state index contributed by atoms with van der Waals surface area (Å²) in [7, 11) is 0. The van der Waals surface area contributed by atoms with E-state index in [0.29, 0.717) is 38.1 Å². The van der Waals surface area contributed by atoms with Crippen LogP contribution < -0.4 is 4.90 Å². The fourth-order valence-corrected chi connectivity index (χ4v) is 2.56. The van der Waals surface area contributed by atoms with Gasteiger partial charge in [0.05, 0.1) is 42.8 Å². The van der Waals surface area contributed by atoms with Gasteiger partial charge in [-0.05, 0) is 48.9 Å². The molecule has 0 amide bonds. The number of nitriles is 2. The van der Waals surface area contributed by atoms with E-state index in [2.05, 4.69) is 17.1 Å². The quantitative estimate of drug-likeness (QED) is 0.483. The van der Waals surface area contributed by atoms with Gasteiger partial charge in [-0.2, -0.15) is 10.5 Å². The van der Waals surface area contributed by atoms with Gasteiger partial charge in [0.15, 0.2) is 0 Å². The van der Waals surface area contributed by atoms with Crippen molar-refractivity contribution in [2.24, 2.45) is 4.99 Å². The Hall–Kier alpha value is -3.64. The summed E-state index contributed by atoms with van der Waals surface area (Å²) in [4.78, 5) is 18.1. The summed E-state index contributed by atoms with van der Waals surface area (Å²) in [6.45, 7) is 3.31. The number of benzene rings is 2. The van der Waals surface area contributed by atoms with Crippen molar-refractivity contribution in [1.82, 2.24) is 0 Å². The Morgan fingerprint density at radius 2 is 1.64 bits per heavy atom. The van der Waals surface area contributed by atoms with Crippen LogP contribution in [0.3, 0.4) is 0 Å². The van der Waals surface area contributed by atoms with Crippen LogP contribution in [-0.4, -0.2) is 31.9 Å². The largest absolute Gasteiger partial charge is 0.462 e. The van der Waals surface area contributed by atoms with E-state index in [1.807, 2.05) is 29.2 Å². The topological polar surface area (TPSA) is 89.5 Å². The predicted octanol–water partition coefficient (Wildman–Crippen LogP) is 4.25. The molecule has 0 N–H and O–H groups in total. The molecule has 0 aliphatic heterocycles. The minimum atomic E-state index is -0.342. The molecule has 0 bridgehead atoms. The number of carbonyl (C=O) groups excluding carboxylic acids is 1. The molecule has 2 rings (SSSR count). The van der Waals surface area contributed by atoms with Crippen LogP contribution >= 0.6 is 0 Å². The van der Waals surface area contributed by atoms with Crippen molar-refractivity contribution < 1.29 is 9.53 Å².